The van der Waals surface area contributed by atoms with Gasteiger partial charge >= 0.3 is 0 Å². The van der Waals surface area contributed by atoms with Gasteiger partial charge in [-0.15, -0.1) is 34.2 Å². The van der Waals surface area contributed by atoms with Gasteiger partial charge in [0.25, 0.3) is 0 Å². The van der Waals surface area contributed by atoms with Crippen molar-refractivity contribution in [2.45, 2.75) is 39.3 Å². The summed E-state index contributed by atoms with van der Waals surface area (Å²) in [6, 6.07) is 9.14. The Bertz CT molecular complexity index is 754. The molecule has 0 spiro atoms. The third-order valence-electron chi connectivity index (χ3n) is 4.98. The van der Waals surface area contributed by atoms with Crippen LogP contribution in [-0.2, 0) is 13.6 Å². The topological polar surface area (TPSA) is 70.4 Å². The summed E-state index contributed by atoms with van der Waals surface area (Å²) in [5.74, 6) is 2.61. The fourth-order valence-corrected chi connectivity index (χ4v) is 3.24. The molecule has 2 heterocycles. The van der Waals surface area contributed by atoms with Gasteiger partial charge in [-0.3, -0.25) is 4.99 Å². The summed E-state index contributed by atoms with van der Waals surface area (Å²) >= 11 is 0. The number of aliphatic imine (C=N–C) groups is 1. The van der Waals surface area contributed by atoms with Crippen molar-refractivity contribution in [1.82, 2.24) is 25.4 Å². The number of anilines is 1. The molecule has 2 N–H and O–H groups in total. The van der Waals surface area contributed by atoms with E-state index >= 15 is 0 Å². The Kier molecular flexibility index (Phi) is 7.88. The van der Waals surface area contributed by atoms with E-state index in [1.54, 1.807) is 7.05 Å². The van der Waals surface area contributed by atoms with Crippen LogP contribution in [0.5, 0.6) is 0 Å². The van der Waals surface area contributed by atoms with Crippen molar-refractivity contribution in [2.75, 3.05) is 25.0 Å². The van der Waals surface area contributed by atoms with E-state index in [9.17, 15) is 0 Å². The number of benzene rings is 1. The summed E-state index contributed by atoms with van der Waals surface area (Å²) in [6.45, 7) is 6.76. The van der Waals surface area contributed by atoms with Crippen LogP contribution in [0.25, 0.3) is 0 Å². The second-order valence-corrected chi connectivity index (χ2v) is 6.91. The van der Waals surface area contributed by atoms with E-state index in [1.165, 1.54) is 17.7 Å². The molecule has 1 aromatic carbocycles. The summed E-state index contributed by atoms with van der Waals surface area (Å²) in [5.41, 5.74) is 2.59. The highest BCUT2D eigenvalue weighted by Gasteiger charge is 2.21. The van der Waals surface area contributed by atoms with Crippen LogP contribution in [0, 0.1) is 13.8 Å². The Labute approximate surface area is 178 Å². The molecule has 7 nitrogen and oxygen atoms in total. The van der Waals surface area contributed by atoms with Gasteiger partial charge in [-0.05, 0) is 38.8 Å². The molecule has 0 aliphatic carbocycles. The lowest BCUT2D eigenvalue weighted by Gasteiger charge is -2.35. The smallest absolute Gasteiger partial charge is 0.191 e. The van der Waals surface area contributed by atoms with Gasteiger partial charge in [0.2, 0.25) is 0 Å². The third-order valence-corrected chi connectivity index (χ3v) is 4.98. The van der Waals surface area contributed by atoms with E-state index in [0.717, 1.165) is 37.1 Å². The monoisotopic (exact) mass is 483 g/mol. The number of aryl methyl sites for hydroxylation is 2. The first-order valence-corrected chi connectivity index (χ1v) is 9.20. The number of rotatable bonds is 4. The first kappa shape index (κ1) is 21.5. The average molecular weight is 483 g/mol. The number of hydrogen-bond donors (Lipinski definition) is 2. The molecule has 3 rings (SSSR count). The maximum absolute atomic E-state index is 4.36. The number of hydrogen-bond acceptors (Lipinski definition) is 4. The maximum atomic E-state index is 4.36. The van der Waals surface area contributed by atoms with E-state index in [4.69, 9.17) is 0 Å². The lowest BCUT2D eigenvalue weighted by molar-refractivity contribution is 0.467. The molecule has 1 aliphatic rings. The molecule has 8 heteroatoms. The zero-order chi connectivity index (χ0) is 18.5. The van der Waals surface area contributed by atoms with Gasteiger partial charge in [0.1, 0.15) is 5.82 Å². The number of guanidine groups is 1. The zero-order valence-corrected chi connectivity index (χ0v) is 18.9. The van der Waals surface area contributed by atoms with Crippen LogP contribution in [0.3, 0.4) is 0 Å². The van der Waals surface area contributed by atoms with Crippen LogP contribution in [0.15, 0.2) is 29.3 Å². The molecule has 1 unspecified atom stereocenters. The first-order chi connectivity index (χ1) is 12.6. The number of nitrogens with one attached hydrogen (secondary N) is 2. The molecule has 0 saturated carbocycles. The minimum atomic E-state index is 0. The molecule has 0 amide bonds. The molecule has 1 saturated heterocycles. The van der Waals surface area contributed by atoms with Crippen molar-refractivity contribution in [1.29, 1.82) is 0 Å². The van der Waals surface area contributed by atoms with Crippen molar-refractivity contribution in [3.63, 3.8) is 0 Å². The number of piperidine rings is 1. The highest BCUT2D eigenvalue weighted by molar-refractivity contribution is 14.0. The van der Waals surface area contributed by atoms with Crippen molar-refractivity contribution < 1.29 is 0 Å². The summed E-state index contributed by atoms with van der Waals surface area (Å²) in [5, 5.41) is 15.2. The van der Waals surface area contributed by atoms with E-state index < -0.39 is 0 Å². The average Bonchev–Trinajstić information content (AvgIpc) is 2.98. The Hall–Kier alpha value is -1.84. The molecule has 0 bridgehead atoms. The number of aromatic nitrogens is 3. The second kappa shape index (κ2) is 9.91. The lowest BCUT2D eigenvalue weighted by atomic mass is 10.0. The van der Waals surface area contributed by atoms with Crippen LogP contribution in [0.2, 0.25) is 0 Å². The third kappa shape index (κ3) is 5.57. The fraction of sp³-hybridized carbons (Fsp3) is 0.526. The second-order valence-electron chi connectivity index (χ2n) is 6.91. The van der Waals surface area contributed by atoms with E-state index in [1.807, 2.05) is 18.5 Å². The first-order valence-electron chi connectivity index (χ1n) is 9.20. The SMILES string of the molecule is CN=C(NCc1nnc(C)n1C)NC1CCCN(c2ccc(C)cc2)C1.I. The number of halogens is 1. The summed E-state index contributed by atoms with van der Waals surface area (Å²) in [6.07, 6.45) is 2.32. The predicted molar refractivity (Wildman–Crippen MR) is 121 cm³/mol. The van der Waals surface area contributed by atoms with Crippen molar-refractivity contribution in [3.8, 4) is 0 Å². The van der Waals surface area contributed by atoms with Crippen LogP contribution in [-0.4, -0.2) is 46.9 Å². The van der Waals surface area contributed by atoms with Gasteiger partial charge in [-0.25, -0.2) is 0 Å². The van der Waals surface area contributed by atoms with Gasteiger partial charge in [-0.1, -0.05) is 17.7 Å². The highest BCUT2D eigenvalue weighted by atomic mass is 127. The number of nitrogens with zero attached hydrogens (tertiary/aromatic N) is 5. The van der Waals surface area contributed by atoms with Gasteiger partial charge in [-0.2, -0.15) is 0 Å². The Morgan fingerprint density at radius 3 is 2.59 bits per heavy atom. The zero-order valence-electron chi connectivity index (χ0n) is 16.6. The van der Waals surface area contributed by atoms with Gasteiger partial charge in [0.15, 0.2) is 11.8 Å². The maximum Gasteiger partial charge on any atom is 0.191 e. The van der Waals surface area contributed by atoms with Crippen molar-refractivity contribution in [2.24, 2.45) is 12.0 Å². The standard InChI is InChI=1S/C19H29N7.HI/c1-14-7-9-17(10-8-14)26-11-5-6-16(13-26)22-19(20-3)21-12-18-24-23-15(2)25(18)4;/h7-10,16H,5-6,11-13H2,1-4H3,(H2,20,21,22);1H. The van der Waals surface area contributed by atoms with Crippen LogP contribution in [0.1, 0.15) is 30.1 Å². The fourth-order valence-electron chi connectivity index (χ4n) is 3.24. The Morgan fingerprint density at radius 1 is 1.22 bits per heavy atom. The molecule has 1 aliphatic heterocycles. The predicted octanol–water partition coefficient (Wildman–Crippen LogP) is 2.38. The molecule has 1 aromatic heterocycles. The highest BCUT2D eigenvalue weighted by Crippen LogP contribution is 2.20. The largest absolute Gasteiger partial charge is 0.369 e. The van der Waals surface area contributed by atoms with Crippen molar-refractivity contribution >= 4 is 35.6 Å². The molecular weight excluding hydrogens is 453 g/mol. The van der Waals surface area contributed by atoms with Crippen molar-refractivity contribution in [3.05, 3.63) is 41.5 Å². The minimum Gasteiger partial charge on any atom is -0.369 e. The molecule has 27 heavy (non-hydrogen) atoms. The summed E-state index contributed by atoms with van der Waals surface area (Å²) in [4.78, 5) is 6.81. The summed E-state index contributed by atoms with van der Waals surface area (Å²) in [7, 11) is 3.78. The lowest BCUT2D eigenvalue weighted by Crippen LogP contribution is -2.51. The molecule has 148 valence electrons. The molecule has 1 atom stereocenters. The van der Waals surface area contributed by atoms with Gasteiger partial charge in [0, 0.05) is 38.9 Å². The Balaban J connectivity index is 0.00000261. The molecular formula is C19H30IN7. The van der Waals surface area contributed by atoms with Crippen LogP contribution < -0.4 is 15.5 Å². The quantitative estimate of drug-likeness (QED) is 0.397. The van der Waals surface area contributed by atoms with E-state index in [2.05, 4.69) is 61.9 Å². The van der Waals surface area contributed by atoms with E-state index in [0.29, 0.717) is 12.6 Å². The van der Waals surface area contributed by atoms with E-state index in [-0.39, 0.29) is 24.0 Å². The normalized spacial score (nSPS) is 17.4. The molecule has 1 fully saturated rings. The summed E-state index contributed by atoms with van der Waals surface area (Å²) < 4.78 is 1.99. The Morgan fingerprint density at radius 2 is 1.96 bits per heavy atom. The minimum absolute atomic E-state index is 0. The molecule has 2 aromatic rings. The van der Waals surface area contributed by atoms with Crippen LogP contribution in [0.4, 0.5) is 5.69 Å². The van der Waals surface area contributed by atoms with Gasteiger partial charge in [0.05, 0.1) is 6.54 Å². The molecule has 0 radical (unpaired) electrons. The van der Waals surface area contributed by atoms with Crippen LogP contribution >= 0.6 is 24.0 Å². The van der Waals surface area contributed by atoms with Gasteiger partial charge < -0.3 is 20.1 Å².